The SMILES string of the molecule is CCN(Cc1ccc(Cl)s1)C(=O)CCS(=O)(=O)c1ccc(C)cc1. The Hall–Kier alpha value is -1.37. The first-order chi connectivity index (χ1) is 11.3. The largest absolute Gasteiger partial charge is 0.338 e. The van der Waals surface area contributed by atoms with E-state index >= 15 is 0 Å². The summed E-state index contributed by atoms with van der Waals surface area (Å²) in [5, 5.41) is 0. The van der Waals surface area contributed by atoms with E-state index in [0.717, 1.165) is 10.4 Å². The maximum atomic E-state index is 12.4. The average Bonchev–Trinajstić information content (AvgIpc) is 2.96. The van der Waals surface area contributed by atoms with E-state index in [2.05, 4.69) is 0 Å². The van der Waals surface area contributed by atoms with E-state index in [9.17, 15) is 13.2 Å². The summed E-state index contributed by atoms with van der Waals surface area (Å²) < 4.78 is 25.3. The van der Waals surface area contributed by atoms with Gasteiger partial charge in [-0.2, -0.15) is 0 Å². The second kappa shape index (κ2) is 8.14. The van der Waals surface area contributed by atoms with Gasteiger partial charge in [-0.3, -0.25) is 4.79 Å². The van der Waals surface area contributed by atoms with Gasteiger partial charge in [-0.1, -0.05) is 29.3 Å². The number of amides is 1. The smallest absolute Gasteiger partial charge is 0.223 e. The number of aryl methyl sites for hydroxylation is 1. The highest BCUT2D eigenvalue weighted by Crippen LogP contribution is 2.23. The Balaban J connectivity index is 1.98. The number of carbonyl (C=O) groups excluding carboxylic acids is 1. The van der Waals surface area contributed by atoms with E-state index < -0.39 is 9.84 Å². The number of rotatable bonds is 7. The van der Waals surface area contributed by atoms with Crippen molar-refractivity contribution in [3.05, 3.63) is 51.2 Å². The summed E-state index contributed by atoms with van der Waals surface area (Å²) in [6.07, 6.45) is -0.0246. The van der Waals surface area contributed by atoms with Crippen molar-refractivity contribution in [1.82, 2.24) is 4.90 Å². The molecule has 0 atom stereocenters. The Labute approximate surface area is 152 Å². The third-order valence-electron chi connectivity index (χ3n) is 3.67. The van der Waals surface area contributed by atoms with E-state index in [0.29, 0.717) is 17.4 Å². The molecule has 0 bridgehead atoms. The van der Waals surface area contributed by atoms with E-state index in [-0.39, 0.29) is 23.0 Å². The number of hydrogen-bond acceptors (Lipinski definition) is 4. The van der Waals surface area contributed by atoms with E-state index in [1.807, 2.05) is 19.9 Å². The zero-order valence-corrected chi connectivity index (χ0v) is 16.0. The first-order valence-electron chi connectivity index (χ1n) is 7.63. The lowest BCUT2D eigenvalue weighted by molar-refractivity contribution is -0.131. The second-order valence-electron chi connectivity index (χ2n) is 5.50. The van der Waals surface area contributed by atoms with Gasteiger partial charge in [0.2, 0.25) is 5.91 Å². The van der Waals surface area contributed by atoms with Crippen LogP contribution in [-0.2, 0) is 21.2 Å². The van der Waals surface area contributed by atoms with E-state index in [1.165, 1.54) is 11.3 Å². The highest BCUT2D eigenvalue weighted by molar-refractivity contribution is 7.91. The molecule has 0 saturated carbocycles. The molecule has 130 valence electrons. The topological polar surface area (TPSA) is 54.5 Å². The lowest BCUT2D eigenvalue weighted by atomic mass is 10.2. The van der Waals surface area contributed by atoms with Crippen LogP contribution in [0.3, 0.4) is 0 Å². The van der Waals surface area contributed by atoms with E-state index in [4.69, 9.17) is 11.6 Å². The van der Waals surface area contributed by atoms with Crippen LogP contribution < -0.4 is 0 Å². The third-order valence-corrected chi connectivity index (χ3v) is 6.62. The number of nitrogens with zero attached hydrogens (tertiary/aromatic N) is 1. The van der Waals surface area contributed by atoms with Crippen molar-refractivity contribution >= 4 is 38.7 Å². The molecule has 0 aliphatic heterocycles. The van der Waals surface area contributed by atoms with Gasteiger partial charge in [0.05, 0.1) is 21.5 Å². The monoisotopic (exact) mass is 385 g/mol. The summed E-state index contributed by atoms with van der Waals surface area (Å²) in [4.78, 5) is 15.2. The molecule has 1 heterocycles. The van der Waals surface area contributed by atoms with Crippen molar-refractivity contribution in [3.8, 4) is 0 Å². The Bertz CT molecular complexity index is 797. The molecule has 0 unspecified atom stereocenters. The quantitative estimate of drug-likeness (QED) is 0.725. The predicted molar refractivity (Wildman–Crippen MR) is 98.3 cm³/mol. The minimum absolute atomic E-state index is 0.0246. The van der Waals surface area contributed by atoms with Crippen LogP contribution in [0.4, 0.5) is 0 Å². The van der Waals surface area contributed by atoms with Gasteiger partial charge < -0.3 is 4.90 Å². The zero-order valence-electron chi connectivity index (χ0n) is 13.7. The number of benzene rings is 1. The highest BCUT2D eigenvalue weighted by Gasteiger charge is 2.19. The molecular formula is C17H20ClNO3S2. The molecule has 0 fully saturated rings. The molecule has 1 aromatic carbocycles. The minimum atomic E-state index is -3.45. The zero-order chi connectivity index (χ0) is 17.7. The van der Waals surface area contributed by atoms with Crippen molar-refractivity contribution < 1.29 is 13.2 Å². The molecule has 2 aromatic rings. The Morgan fingerprint density at radius 3 is 2.38 bits per heavy atom. The van der Waals surface area contributed by atoms with Crippen LogP contribution in [-0.4, -0.2) is 31.5 Å². The molecule has 4 nitrogen and oxygen atoms in total. The molecule has 2 rings (SSSR count). The molecule has 0 spiro atoms. The molecule has 0 radical (unpaired) electrons. The second-order valence-corrected chi connectivity index (χ2v) is 9.40. The Kier molecular flexibility index (Phi) is 6.43. The summed E-state index contributed by atoms with van der Waals surface area (Å²) in [5.74, 6) is -0.353. The number of hydrogen-bond donors (Lipinski definition) is 0. The van der Waals surface area contributed by atoms with Crippen LogP contribution in [0.2, 0.25) is 4.34 Å². The third kappa shape index (κ3) is 5.06. The van der Waals surface area contributed by atoms with Gasteiger partial charge in [-0.05, 0) is 38.1 Å². The van der Waals surface area contributed by atoms with Crippen LogP contribution in [0.1, 0.15) is 23.8 Å². The van der Waals surface area contributed by atoms with Crippen LogP contribution in [0.25, 0.3) is 0 Å². The summed E-state index contributed by atoms with van der Waals surface area (Å²) >= 11 is 7.33. The lowest BCUT2D eigenvalue weighted by Gasteiger charge is -2.20. The number of carbonyl (C=O) groups is 1. The summed E-state index contributed by atoms with van der Waals surface area (Å²) in [6.45, 7) is 4.76. The fourth-order valence-corrected chi connectivity index (χ4v) is 4.58. The van der Waals surface area contributed by atoms with Crippen molar-refractivity contribution in [3.63, 3.8) is 0 Å². The molecule has 1 aromatic heterocycles. The first kappa shape index (κ1) is 19.0. The van der Waals surface area contributed by atoms with Crippen molar-refractivity contribution in [2.45, 2.75) is 31.7 Å². The maximum Gasteiger partial charge on any atom is 0.223 e. The van der Waals surface area contributed by atoms with Gasteiger partial charge in [0, 0.05) is 17.8 Å². The molecule has 0 aliphatic rings. The van der Waals surface area contributed by atoms with Gasteiger partial charge >= 0.3 is 0 Å². The van der Waals surface area contributed by atoms with Gasteiger partial charge in [0.15, 0.2) is 9.84 Å². The molecule has 0 N–H and O–H groups in total. The number of sulfone groups is 1. The Morgan fingerprint density at radius 1 is 1.17 bits per heavy atom. The average molecular weight is 386 g/mol. The number of halogens is 1. The van der Waals surface area contributed by atoms with Crippen LogP contribution in [0, 0.1) is 6.92 Å². The molecule has 24 heavy (non-hydrogen) atoms. The predicted octanol–water partition coefficient (Wildman–Crippen LogP) is 3.92. The van der Waals surface area contributed by atoms with Gasteiger partial charge in [0.1, 0.15) is 0 Å². The Morgan fingerprint density at radius 2 is 1.83 bits per heavy atom. The van der Waals surface area contributed by atoms with Crippen LogP contribution in [0.15, 0.2) is 41.3 Å². The van der Waals surface area contributed by atoms with E-state index in [1.54, 1.807) is 35.2 Å². The first-order valence-corrected chi connectivity index (χ1v) is 10.5. The van der Waals surface area contributed by atoms with Crippen molar-refractivity contribution in [2.24, 2.45) is 0 Å². The maximum absolute atomic E-state index is 12.4. The fraction of sp³-hybridized carbons (Fsp3) is 0.353. The lowest BCUT2D eigenvalue weighted by Crippen LogP contribution is -2.31. The summed E-state index contributed by atoms with van der Waals surface area (Å²) in [5.41, 5.74) is 0.997. The van der Waals surface area contributed by atoms with Crippen molar-refractivity contribution in [1.29, 1.82) is 0 Å². The van der Waals surface area contributed by atoms with Gasteiger partial charge in [-0.25, -0.2) is 8.42 Å². The molecule has 1 amide bonds. The minimum Gasteiger partial charge on any atom is -0.338 e. The highest BCUT2D eigenvalue weighted by atomic mass is 35.5. The van der Waals surface area contributed by atoms with Gasteiger partial charge in [-0.15, -0.1) is 11.3 Å². The molecular weight excluding hydrogens is 366 g/mol. The molecule has 0 saturated heterocycles. The van der Waals surface area contributed by atoms with Crippen LogP contribution in [0.5, 0.6) is 0 Å². The summed E-state index contributed by atoms with van der Waals surface area (Å²) in [7, 11) is -3.45. The van der Waals surface area contributed by atoms with Gasteiger partial charge in [0.25, 0.3) is 0 Å². The standard InChI is InChI=1S/C17H20ClNO3S2/c1-3-19(12-14-6-9-16(18)23-14)17(20)10-11-24(21,22)15-7-4-13(2)5-8-15/h4-9H,3,10-12H2,1-2H3. The summed E-state index contributed by atoms with van der Waals surface area (Å²) in [6, 6.07) is 10.4. The fourth-order valence-electron chi connectivity index (χ4n) is 2.24. The van der Waals surface area contributed by atoms with Crippen molar-refractivity contribution in [2.75, 3.05) is 12.3 Å². The molecule has 0 aliphatic carbocycles. The number of thiophene rings is 1. The van der Waals surface area contributed by atoms with Crippen LogP contribution >= 0.6 is 22.9 Å². The normalized spacial score (nSPS) is 11.5. The molecule has 7 heteroatoms.